The molecule has 0 radical (unpaired) electrons. The van der Waals surface area contributed by atoms with Crippen LogP contribution in [0.1, 0.15) is 11.1 Å². The molecular formula is C21H19BrClNO2. The zero-order valence-electron chi connectivity index (χ0n) is 14.3. The van der Waals surface area contributed by atoms with Gasteiger partial charge in [-0.15, -0.1) is 0 Å². The van der Waals surface area contributed by atoms with E-state index in [4.69, 9.17) is 21.1 Å². The smallest absolute Gasteiger partial charge is 0.175 e. The standard InChI is InChI=1S/C21H19BrClNO2/c1-25-20-12-16(13-24-19-10-6-5-9-18(19)23)11-17(22)21(20)26-14-15-7-3-2-4-8-15/h2-12,24H,13-14H2,1H3. The van der Waals surface area contributed by atoms with Crippen LogP contribution in [-0.2, 0) is 13.2 Å². The van der Waals surface area contributed by atoms with Crippen LogP contribution in [0.15, 0.2) is 71.2 Å². The Morgan fingerprint density at radius 1 is 0.962 bits per heavy atom. The van der Waals surface area contributed by atoms with Crippen molar-refractivity contribution in [3.05, 3.63) is 87.4 Å². The van der Waals surface area contributed by atoms with Gasteiger partial charge in [0.25, 0.3) is 0 Å². The lowest BCUT2D eigenvalue weighted by atomic mass is 10.2. The second kappa shape index (κ2) is 8.97. The maximum Gasteiger partial charge on any atom is 0.175 e. The molecule has 1 N–H and O–H groups in total. The van der Waals surface area contributed by atoms with Crippen LogP contribution in [0.3, 0.4) is 0 Å². The van der Waals surface area contributed by atoms with Crippen LogP contribution in [0.2, 0.25) is 5.02 Å². The quantitative estimate of drug-likeness (QED) is 0.475. The SMILES string of the molecule is COc1cc(CNc2ccccc2Cl)cc(Br)c1OCc1ccccc1. The molecule has 0 aliphatic rings. The number of anilines is 1. The first-order valence-corrected chi connectivity index (χ1v) is 9.36. The van der Waals surface area contributed by atoms with E-state index in [0.717, 1.165) is 21.3 Å². The summed E-state index contributed by atoms with van der Waals surface area (Å²) in [4.78, 5) is 0. The summed E-state index contributed by atoms with van der Waals surface area (Å²) >= 11 is 9.78. The van der Waals surface area contributed by atoms with Crippen molar-refractivity contribution in [3.63, 3.8) is 0 Å². The summed E-state index contributed by atoms with van der Waals surface area (Å²) in [5.41, 5.74) is 3.06. The maximum atomic E-state index is 6.19. The van der Waals surface area contributed by atoms with Crippen LogP contribution in [-0.4, -0.2) is 7.11 Å². The predicted octanol–water partition coefficient (Wildman–Crippen LogP) is 6.30. The molecule has 3 aromatic rings. The van der Waals surface area contributed by atoms with Crippen molar-refractivity contribution in [2.75, 3.05) is 12.4 Å². The molecule has 0 saturated carbocycles. The minimum absolute atomic E-state index is 0.479. The fourth-order valence-electron chi connectivity index (χ4n) is 2.55. The number of hydrogen-bond acceptors (Lipinski definition) is 3. The molecule has 134 valence electrons. The van der Waals surface area contributed by atoms with E-state index in [0.29, 0.717) is 29.7 Å². The van der Waals surface area contributed by atoms with Gasteiger partial charge in [-0.2, -0.15) is 0 Å². The van der Waals surface area contributed by atoms with E-state index in [2.05, 4.69) is 21.2 Å². The van der Waals surface area contributed by atoms with Gasteiger partial charge in [0, 0.05) is 6.54 Å². The summed E-state index contributed by atoms with van der Waals surface area (Å²) in [7, 11) is 1.64. The monoisotopic (exact) mass is 431 g/mol. The molecule has 0 unspecified atom stereocenters. The number of nitrogens with one attached hydrogen (secondary N) is 1. The van der Waals surface area contributed by atoms with Crippen molar-refractivity contribution in [2.45, 2.75) is 13.2 Å². The Hall–Kier alpha value is -2.17. The highest BCUT2D eigenvalue weighted by Gasteiger charge is 2.12. The summed E-state index contributed by atoms with van der Waals surface area (Å²) in [5, 5.41) is 4.03. The van der Waals surface area contributed by atoms with Crippen LogP contribution < -0.4 is 14.8 Å². The van der Waals surface area contributed by atoms with Crippen molar-refractivity contribution < 1.29 is 9.47 Å². The van der Waals surface area contributed by atoms with E-state index in [1.807, 2.05) is 66.7 Å². The minimum atomic E-state index is 0.479. The van der Waals surface area contributed by atoms with E-state index in [-0.39, 0.29) is 0 Å². The number of para-hydroxylation sites is 1. The molecule has 3 rings (SSSR count). The average Bonchev–Trinajstić information content (AvgIpc) is 2.67. The van der Waals surface area contributed by atoms with E-state index < -0.39 is 0 Å². The van der Waals surface area contributed by atoms with Crippen LogP contribution >= 0.6 is 27.5 Å². The predicted molar refractivity (Wildman–Crippen MR) is 110 cm³/mol. The van der Waals surface area contributed by atoms with Gasteiger partial charge < -0.3 is 14.8 Å². The largest absolute Gasteiger partial charge is 0.493 e. The number of halogens is 2. The molecule has 0 saturated heterocycles. The highest BCUT2D eigenvalue weighted by molar-refractivity contribution is 9.10. The molecule has 26 heavy (non-hydrogen) atoms. The number of ether oxygens (including phenoxy) is 2. The molecule has 0 heterocycles. The van der Waals surface area contributed by atoms with Crippen molar-refractivity contribution in [1.82, 2.24) is 0 Å². The van der Waals surface area contributed by atoms with Gasteiger partial charge >= 0.3 is 0 Å². The molecule has 0 aliphatic heterocycles. The molecule has 0 fully saturated rings. The second-order valence-corrected chi connectivity index (χ2v) is 6.98. The minimum Gasteiger partial charge on any atom is -0.493 e. The Kier molecular flexibility index (Phi) is 6.42. The zero-order chi connectivity index (χ0) is 18.4. The Morgan fingerprint density at radius 3 is 2.42 bits per heavy atom. The summed E-state index contributed by atoms with van der Waals surface area (Å²) in [6, 6.07) is 21.7. The molecule has 0 bridgehead atoms. The summed E-state index contributed by atoms with van der Waals surface area (Å²) in [6.07, 6.45) is 0. The molecular weight excluding hydrogens is 414 g/mol. The molecule has 3 aromatic carbocycles. The Bertz CT molecular complexity index is 871. The Balaban J connectivity index is 1.73. The molecule has 0 spiro atoms. The summed E-state index contributed by atoms with van der Waals surface area (Å²) in [6.45, 7) is 1.10. The van der Waals surface area contributed by atoms with E-state index in [1.165, 1.54) is 0 Å². The lowest BCUT2D eigenvalue weighted by Crippen LogP contribution is -2.03. The third-order valence-electron chi connectivity index (χ3n) is 3.87. The second-order valence-electron chi connectivity index (χ2n) is 5.72. The summed E-state index contributed by atoms with van der Waals surface area (Å²) < 4.78 is 12.3. The number of rotatable bonds is 7. The Labute approximate surface area is 167 Å². The first kappa shape index (κ1) is 18.6. The van der Waals surface area contributed by atoms with Gasteiger partial charge in [0.15, 0.2) is 11.5 Å². The van der Waals surface area contributed by atoms with Crippen molar-refractivity contribution in [3.8, 4) is 11.5 Å². The van der Waals surface area contributed by atoms with Gasteiger partial charge in [-0.05, 0) is 51.3 Å². The van der Waals surface area contributed by atoms with E-state index >= 15 is 0 Å². The van der Waals surface area contributed by atoms with Crippen LogP contribution in [0, 0.1) is 0 Å². The van der Waals surface area contributed by atoms with Gasteiger partial charge in [0.05, 0.1) is 22.3 Å². The fourth-order valence-corrected chi connectivity index (χ4v) is 3.35. The lowest BCUT2D eigenvalue weighted by molar-refractivity contribution is 0.282. The highest BCUT2D eigenvalue weighted by atomic mass is 79.9. The number of hydrogen-bond donors (Lipinski definition) is 1. The molecule has 0 amide bonds. The molecule has 0 aliphatic carbocycles. The van der Waals surface area contributed by atoms with Crippen molar-refractivity contribution in [2.24, 2.45) is 0 Å². The van der Waals surface area contributed by atoms with Gasteiger partial charge in [0.1, 0.15) is 6.61 Å². The van der Waals surface area contributed by atoms with E-state index in [1.54, 1.807) is 7.11 Å². The van der Waals surface area contributed by atoms with Gasteiger partial charge in [-0.3, -0.25) is 0 Å². The molecule has 3 nitrogen and oxygen atoms in total. The normalized spacial score (nSPS) is 10.4. The van der Waals surface area contributed by atoms with E-state index in [9.17, 15) is 0 Å². The highest BCUT2D eigenvalue weighted by Crippen LogP contribution is 2.37. The Morgan fingerprint density at radius 2 is 1.69 bits per heavy atom. The van der Waals surface area contributed by atoms with Crippen LogP contribution in [0.25, 0.3) is 0 Å². The van der Waals surface area contributed by atoms with Crippen molar-refractivity contribution in [1.29, 1.82) is 0 Å². The fraction of sp³-hybridized carbons (Fsp3) is 0.143. The summed E-state index contributed by atoms with van der Waals surface area (Å²) in [5.74, 6) is 1.38. The van der Waals surface area contributed by atoms with Gasteiger partial charge in [-0.1, -0.05) is 54.1 Å². The van der Waals surface area contributed by atoms with Crippen LogP contribution in [0.4, 0.5) is 5.69 Å². The maximum absolute atomic E-state index is 6.19. The van der Waals surface area contributed by atoms with Crippen LogP contribution in [0.5, 0.6) is 11.5 Å². The number of methoxy groups -OCH3 is 1. The first-order valence-electron chi connectivity index (χ1n) is 8.19. The third-order valence-corrected chi connectivity index (χ3v) is 4.79. The third kappa shape index (κ3) is 4.71. The van der Waals surface area contributed by atoms with Gasteiger partial charge in [-0.25, -0.2) is 0 Å². The zero-order valence-corrected chi connectivity index (χ0v) is 16.7. The molecule has 0 aromatic heterocycles. The topological polar surface area (TPSA) is 30.5 Å². The number of benzene rings is 3. The molecule has 5 heteroatoms. The van der Waals surface area contributed by atoms with Crippen molar-refractivity contribution >= 4 is 33.2 Å². The lowest BCUT2D eigenvalue weighted by Gasteiger charge is -2.15. The average molecular weight is 433 g/mol. The molecule has 0 atom stereocenters. The van der Waals surface area contributed by atoms with Gasteiger partial charge in [0.2, 0.25) is 0 Å². The first-order chi connectivity index (χ1) is 12.7.